The van der Waals surface area contributed by atoms with E-state index in [2.05, 4.69) is 15.9 Å². The fourth-order valence-corrected chi connectivity index (χ4v) is 2.33. The summed E-state index contributed by atoms with van der Waals surface area (Å²) < 4.78 is 13.8. The summed E-state index contributed by atoms with van der Waals surface area (Å²) >= 11 is 9.19. The fourth-order valence-electron chi connectivity index (χ4n) is 1.83. The average molecular weight is 357 g/mol. The molecule has 0 N–H and O–H groups in total. The number of hydrogen-bond donors (Lipinski definition) is 0. The molecule has 104 valence electrons. The van der Waals surface area contributed by atoms with Gasteiger partial charge in [-0.05, 0) is 51.8 Å². The van der Waals surface area contributed by atoms with Crippen LogP contribution in [0.3, 0.4) is 0 Å². The van der Waals surface area contributed by atoms with E-state index in [-0.39, 0.29) is 11.7 Å². The Balaban J connectivity index is 2.14. The van der Waals surface area contributed by atoms with Crippen LogP contribution >= 0.6 is 27.5 Å². The van der Waals surface area contributed by atoms with Gasteiger partial charge in [0.05, 0.1) is 5.02 Å². The number of nitrogens with zero attached hydrogens (tertiary/aromatic N) is 1. The van der Waals surface area contributed by atoms with E-state index in [1.54, 1.807) is 37.4 Å². The molecule has 2 rings (SSSR count). The second-order valence-electron chi connectivity index (χ2n) is 4.42. The summed E-state index contributed by atoms with van der Waals surface area (Å²) in [5.74, 6) is -0.454. The highest BCUT2D eigenvalue weighted by Crippen LogP contribution is 2.24. The van der Waals surface area contributed by atoms with E-state index in [9.17, 15) is 9.18 Å². The number of rotatable bonds is 3. The molecule has 0 radical (unpaired) electrons. The molecule has 0 aliphatic carbocycles. The Bertz CT molecular complexity index is 648. The van der Waals surface area contributed by atoms with Gasteiger partial charge in [-0.25, -0.2) is 4.39 Å². The van der Waals surface area contributed by atoms with Gasteiger partial charge in [-0.15, -0.1) is 0 Å². The Morgan fingerprint density at radius 3 is 2.70 bits per heavy atom. The van der Waals surface area contributed by atoms with Crippen LogP contribution in [0, 0.1) is 5.82 Å². The minimum atomic E-state index is -0.308. The molecule has 0 fully saturated rings. The van der Waals surface area contributed by atoms with Crippen molar-refractivity contribution in [3.05, 3.63) is 68.9 Å². The molecule has 0 heterocycles. The van der Waals surface area contributed by atoms with Gasteiger partial charge in [0.1, 0.15) is 5.82 Å². The van der Waals surface area contributed by atoms with Crippen molar-refractivity contribution >= 4 is 33.4 Å². The predicted octanol–water partition coefficient (Wildman–Crippen LogP) is 4.51. The van der Waals surface area contributed by atoms with Crippen molar-refractivity contribution in [1.29, 1.82) is 0 Å². The first-order valence-electron chi connectivity index (χ1n) is 5.92. The van der Waals surface area contributed by atoms with Crippen molar-refractivity contribution in [2.24, 2.45) is 0 Å². The smallest absolute Gasteiger partial charge is 0.253 e. The Morgan fingerprint density at radius 1 is 1.30 bits per heavy atom. The summed E-state index contributed by atoms with van der Waals surface area (Å²) in [7, 11) is 1.68. The first kappa shape index (κ1) is 15.0. The van der Waals surface area contributed by atoms with Gasteiger partial charge >= 0.3 is 0 Å². The van der Waals surface area contributed by atoms with Gasteiger partial charge in [0.25, 0.3) is 5.91 Å². The lowest BCUT2D eigenvalue weighted by molar-refractivity contribution is 0.0785. The summed E-state index contributed by atoms with van der Waals surface area (Å²) in [4.78, 5) is 13.8. The fraction of sp³-hybridized carbons (Fsp3) is 0.133. The normalized spacial score (nSPS) is 10.4. The molecule has 0 aromatic heterocycles. The molecule has 20 heavy (non-hydrogen) atoms. The number of amides is 1. The molecule has 0 spiro atoms. The molecule has 5 heteroatoms. The van der Waals surface area contributed by atoms with E-state index in [1.165, 1.54) is 17.0 Å². The van der Waals surface area contributed by atoms with Crippen molar-refractivity contribution in [3.63, 3.8) is 0 Å². The van der Waals surface area contributed by atoms with Crippen LogP contribution in [0.5, 0.6) is 0 Å². The van der Waals surface area contributed by atoms with E-state index in [4.69, 9.17) is 11.6 Å². The third kappa shape index (κ3) is 3.58. The summed E-state index contributed by atoms with van der Waals surface area (Å²) in [5, 5.41) is 0.550. The van der Waals surface area contributed by atoms with E-state index in [1.807, 2.05) is 0 Å². The lowest BCUT2D eigenvalue weighted by Crippen LogP contribution is -2.26. The van der Waals surface area contributed by atoms with Crippen LogP contribution in [0.25, 0.3) is 0 Å². The number of halogens is 3. The Labute approximate surface area is 130 Å². The lowest BCUT2D eigenvalue weighted by Gasteiger charge is -2.17. The second-order valence-corrected chi connectivity index (χ2v) is 5.68. The number of carbonyl (C=O) groups is 1. The molecule has 2 aromatic rings. The van der Waals surface area contributed by atoms with E-state index < -0.39 is 0 Å². The van der Waals surface area contributed by atoms with Gasteiger partial charge in [0.2, 0.25) is 0 Å². The highest BCUT2D eigenvalue weighted by molar-refractivity contribution is 9.10. The summed E-state index contributed by atoms with van der Waals surface area (Å²) in [6.45, 7) is 0.344. The van der Waals surface area contributed by atoms with Gasteiger partial charge in [-0.1, -0.05) is 23.7 Å². The summed E-state index contributed by atoms with van der Waals surface area (Å²) in [6.07, 6.45) is 0. The van der Waals surface area contributed by atoms with Crippen LogP contribution in [0.2, 0.25) is 5.02 Å². The molecule has 0 bridgehead atoms. The minimum Gasteiger partial charge on any atom is -0.337 e. The molecule has 2 aromatic carbocycles. The van der Waals surface area contributed by atoms with Gasteiger partial charge in [0, 0.05) is 23.6 Å². The molecule has 0 aliphatic rings. The maximum absolute atomic E-state index is 13.1. The highest BCUT2D eigenvalue weighted by Gasteiger charge is 2.13. The van der Waals surface area contributed by atoms with Gasteiger partial charge in [-0.3, -0.25) is 4.79 Å². The molecular formula is C15H12BrClFNO. The first-order valence-corrected chi connectivity index (χ1v) is 7.09. The largest absolute Gasteiger partial charge is 0.337 e. The van der Waals surface area contributed by atoms with Crippen LogP contribution in [-0.2, 0) is 6.54 Å². The van der Waals surface area contributed by atoms with Crippen molar-refractivity contribution in [2.45, 2.75) is 6.54 Å². The molecule has 0 saturated heterocycles. The average Bonchev–Trinajstić information content (AvgIpc) is 2.41. The molecule has 2 nitrogen and oxygen atoms in total. The SMILES string of the molecule is CN(Cc1cccc(F)c1)C(=O)c1ccc(Cl)c(Br)c1. The van der Waals surface area contributed by atoms with Crippen molar-refractivity contribution < 1.29 is 9.18 Å². The number of benzene rings is 2. The molecule has 1 amide bonds. The van der Waals surface area contributed by atoms with Crippen molar-refractivity contribution in [1.82, 2.24) is 4.90 Å². The number of carbonyl (C=O) groups excluding carboxylic acids is 1. The number of hydrogen-bond acceptors (Lipinski definition) is 1. The lowest BCUT2D eigenvalue weighted by atomic mass is 10.1. The standard InChI is InChI=1S/C15H12BrClFNO/c1-19(9-10-3-2-4-12(18)7-10)15(20)11-5-6-14(17)13(16)8-11/h2-8H,9H2,1H3. The first-order chi connectivity index (χ1) is 9.47. The van der Waals surface area contributed by atoms with E-state index in [0.717, 1.165) is 5.56 Å². The quantitative estimate of drug-likeness (QED) is 0.792. The molecule has 0 atom stereocenters. The summed E-state index contributed by atoms with van der Waals surface area (Å²) in [5.41, 5.74) is 1.27. The van der Waals surface area contributed by atoms with Crippen LogP contribution in [0.4, 0.5) is 4.39 Å². The molecule has 0 unspecified atom stereocenters. The van der Waals surface area contributed by atoms with Gasteiger partial charge < -0.3 is 4.90 Å². The second kappa shape index (κ2) is 6.37. The van der Waals surface area contributed by atoms with Gasteiger partial charge in [0.15, 0.2) is 0 Å². The van der Waals surface area contributed by atoms with Crippen LogP contribution in [0.15, 0.2) is 46.9 Å². The maximum Gasteiger partial charge on any atom is 0.253 e. The molecule has 0 saturated carbocycles. The Morgan fingerprint density at radius 2 is 2.05 bits per heavy atom. The van der Waals surface area contributed by atoms with Crippen LogP contribution < -0.4 is 0 Å². The van der Waals surface area contributed by atoms with Crippen molar-refractivity contribution in [3.8, 4) is 0 Å². The highest BCUT2D eigenvalue weighted by atomic mass is 79.9. The summed E-state index contributed by atoms with van der Waals surface area (Å²) in [6, 6.07) is 11.2. The Kier molecular flexibility index (Phi) is 4.78. The van der Waals surface area contributed by atoms with Gasteiger partial charge in [-0.2, -0.15) is 0 Å². The third-order valence-corrected chi connectivity index (χ3v) is 4.04. The minimum absolute atomic E-state index is 0.147. The van der Waals surface area contributed by atoms with Crippen LogP contribution in [-0.4, -0.2) is 17.9 Å². The third-order valence-electron chi connectivity index (χ3n) is 2.82. The molecule has 0 aliphatic heterocycles. The van der Waals surface area contributed by atoms with E-state index >= 15 is 0 Å². The molecular weight excluding hydrogens is 345 g/mol. The zero-order chi connectivity index (χ0) is 14.7. The maximum atomic E-state index is 13.1. The predicted molar refractivity (Wildman–Crippen MR) is 81.3 cm³/mol. The Hall–Kier alpha value is -1.39. The van der Waals surface area contributed by atoms with Crippen molar-refractivity contribution in [2.75, 3.05) is 7.05 Å². The topological polar surface area (TPSA) is 20.3 Å². The van der Waals surface area contributed by atoms with Crippen LogP contribution in [0.1, 0.15) is 15.9 Å². The zero-order valence-corrected chi connectivity index (χ0v) is 13.1. The zero-order valence-electron chi connectivity index (χ0n) is 10.7. The monoisotopic (exact) mass is 355 g/mol. The van der Waals surface area contributed by atoms with E-state index in [0.29, 0.717) is 21.6 Å².